The van der Waals surface area contributed by atoms with Crippen molar-refractivity contribution in [3.05, 3.63) is 59.7 Å². The molecule has 98 valence electrons. The number of ether oxygens (including phenoxy) is 1. The van der Waals surface area contributed by atoms with E-state index in [4.69, 9.17) is 10.00 Å². The maximum Gasteiger partial charge on any atom is 0.140 e. The molecule has 0 fully saturated rings. The minimum Gasteiger partial charge on any atom is -0.495 e. The predicted molar refractivity (Wildman–Crippen MR) is 76.1 cm³/mol. The van der Waals surface area contributed by atoms with E-state index in [1.165, 1.54) is 7.11 Å². The number of methoxy groups -OCH3 is 1. The van der Waals surface area contributed by atoms with Crippen molar-refractivity contribution in [1.29, 1.82) is 10.5 Å². The molecule has 0 aliphatic rings. The Bertz CT molecular complexity index is 668. The Morgan fingerprint density at radius 1 is 1.10 bits per heavy atom. The first-order valence-electron chi connectivity index (χ1n) is 6.07. The molecule has 0 saturated carbocycles. The van der Waals surface area contributed by atoms with E-state index in [9.17, 15) is 5.26 Å². The highest BCUT2D eigenvalue weighted by Gasteiger charge is 2.13. The second kappa shape index (κ2) is 6.26. The van der Waals surface area contributed by atoms with E-state index < -0.39 is 6.04 Å². The van der Waals surface area contributed by atoms with Gasteiger partial charge in [-0.25, -0.2) is 0 Å². The van der Waals surface area contributed by atoms with Gasteiger partial charge in [0.1, 0.15) is 17.9 Å². The molecule has 2 aromatic rings. The van der Waals surface area contributed by atoms with Crippen molar-refractivity contribution in [2.45, 2.75) is 6.04 Å². The van der Waals surface area contributed by atoms with Crippen molar-refractivity contribution in [2.75, 3.05) is 12.4 Å². The molecule has 1 N–H and O–H groups in total. The first-order chi connectivity index (χ1) is 9.78. The van der Waals surface area contributed by atoms with Gasteiger partial charge in [0.2, 0.25) is 0 Å². The van der Waals surface area contributed by atoms with Gasteiger partial charge in [-0.1, -0.05) is 24.3 Å². The molecule has 4 nitrogen and oxygen atoms in total. The maximum absolute atomic E-state index is 9.30. The Morgan fingerprint density at radius 2 is 1.85 bits per heavy atom. The van der Waals surface area contributed by atoms with Gasteiger partial charge in [-0.05, 0) is 29.8 Å². The molecule has 0 amide bonds. The van der Waals surface area contributed by atoms with Crippen LogP contribution in [-0.2, 0) is 0 Å². The molecule has 0 heterocycles. The number of para-hydroxylation sites is 1. The summed E-state index contributed by atoms with van der Waals surface area (Å²) in [5.41, 5.74) is 2.00. The summed E-state index contributed by atoms with van der Waals surface area (Å²) in [6.45, 7) is 0. The number of nitrogens with zero attached hydrogens (tertiary/aromatic N) is 2. The SMILES string of the molecule is COc1ccc(C(C#N)Nc2ccccc2)cc1C#N. The number of anilines is 1. The quantitative estimate of drug-likeness (QED) is 0.919. The molecule has 0 radical (unpaired) electrons. The Hall–Kier alpha value is -2.98. The normalized spacial score (nSPS) is 10.9. The van der Waals surface area contributed by atoms with E-state index in [1.807, 2.05) is 30.3 Å². The number of nitriles is 2. The van der Waals surface area contributed by atoms with E-state index in [0.717, 1.165) is 11.3 Å². The van der Waals surface area contributed by atoms with Gasteiger partial charge in [0.25, 0.3) is 0 Å². The van der Waals surface area contributed by atoms with Crippen molar-refractivity contribution in [1.82, 2.24) is 0 Å². The topological polar surface area (TPSA) is 68.8 Å². The van der Waals surface area contributed by atoms with Gasteiger partial charge < -0.3 is 10.1 Å². The lowest BCUT2D eigenvalue weighted by Crippen LogP contribution is -2.08. The molecule has 1 unspecified atom stereocenters. The minimum atomic E-state index is -0.518. The third-order valence-corrected chi connectivity index (χ3v) is 2.89. The van der Waals surface area contributed by atoms with Gasteiger partial charge in [-0.2, -0.15) is 10.5 Å². The van der Waals surface area contributed by atoms with Crippen LogP contribution in [-0.4, -0.2) is 7.11 Å². The Kier molecular flexibility index (Phi) is 4.21. The van der Waals surface area contributed by atoms with E-state index in [-0.39, 0.29) is 0 Å². The van der Waals surface area contributed by atoms with Crippen LogP contribution in [0.4, 0.5) is 5.69 Å². The standard InChI is InChI=1S/C16H13N3O/c1-20-16-8-7-12(9-13(16)10-17)15(11-18)19-14-5-3-2-4-6-14/h2-9,15,19H,1H3. The monoisotopic (exact) mass is 263 g/mol. The lowest BCUT2D eigenvalue weighted by atomic mass is 10.0. The zero-order valence-electron chi connectivity index (χ0n) is 11.0. The molecular weight excluding hydrogens is 250 g/mol. The first kappa shape index (κ1) is 13.5. The highest BCUT2D eigenvalue weighted by atomic mass is 16.5. The van der Waals surface area contributed by atoms with Crippen LogP contribution in [0.2, 0.25) is 0 Å². The molecule has 0 aromatic heterocycles. The molecule has 20 heavy (non-hydrogen) atoms. The number of benzene rings is 2. The fourth-order valence-corrected chi connectivity index (χ4v) is 1.88. The second-order valence-electron chi connectivity index (χ2n) is 4.14. The average molecular weight is 263 g/mol. The van der Waals surface area contributed by atoms with Gasteiger partial charge in [0.05, 0.1) is 18.7 Å². The van der Waals surface area contributed by atoms with Crippen LogP contribution in [0, 0.1) is 22.7 Å². The van der Waals surface area contributed by atoms with Crippen molar-refractivity contribution in [3.63, 3.8) is 0 Å². The van der Waals surface area contributed by atoms with Gasteiger partial charge in [-0.15, -0.1) is 0 Å². The Morgan fingerprint density at radius 3 is 2.45 bits per heavy atom. The van der Waals surface area contributed by atoms with Gasteiger partial charge in [0.15, 0.2) is 0 Å². The summed E-state index contributed by atoms with van der Waals surface area (Å²) in [6.07, 6.45) is 0. The van der Waals surface area contributed by atoms with E-state index >= 15 is 0 Å². The second-order valence-corrected chi connectivity index (χ2v) is 4.14. The van der Waals surface area contributed by atoms with Crippen LogP contribution in [0.25, 0.3) is 0 Å². The lowest BCUT2D eigenvalue weighted by molar-refractivity contribution is 0.413. The number of rotatable bonds is 4. The third kappa shape index (κ3) is 2.88. The van der Waals surface area contributed by atoms with Crippen molar-refractivity contribution in [3.8, 4) is 17.9 Å². The Labute approximate surface area is 117 Å². The minimum absolute atomic E-state index is 0.417. The molecule has 4 heteroatoms. The molecule has 0 bridgehead atoms. The highest BCUT2D eigenvalue weighted by molar-refractivity contribution is 5.51. The maximum atomic E-state index is 9.30. The fourth-order valence-electron chi connectivity index (χ4n) is 1.88. The zero-order chi connectivity index (χ0) is 14.4. The largest absolute Gasteiger partial charge is 0.495 e. The van der Waals surface area contributed by atoms with Gasteiger partial charge >= 0.3 is 0 Å². The number of hydrogen-bond acceptors (Lipinski definition) is 4. The lowest BCUT2D eigenvalue weighted by Gasteiger charge is -2.14. The first-order valence-corrected chi connectivity index (χ1v) is 6.07. The molecule has 0 aliphatic carbocycles. The van der Waals surface area contributed by atoms with Gasteiger partial charge in [0, 0.05) is 5.69 Å². The Balaban J connectivity index is 2.29. The van der Waals surface area contributed by atoms with Crippen LogP contribution >= 0.6 is 0 Å². The molecule has 2 aromatic carbocycles. The van der Waals surface area contributed by atoms with Crippen LogP contribution < -0.4 is 10.1 Å². The summed E-state index contributed by atoms with van der Waals surface area (Å²) < 4.78 is 5.10. The van der Waals surface area contributed by atoms with Crippen molar-refractivity contribution in [2.24, 2.45) is 0 Å². The zero-order valence-corrected chi connectivity index (χ0v) is 11.0. The molecule has 0 spiro atoms. The summed E-state index contributed by atoms with van der Waals surface area (Å²) >= 11 is 0. The average Bonchev–Trinajstić information content (AvgIpc) is 2.53. The highest BCUT2D eigenvalue weighted by Crippen LogP contribution is 2.24. The van der Waals surface area contributed by atoms with Crippen molar-refractivity contribution < 1.29 is 4.74 Å². The molecule has 0 saturated heterocycles. The van der Waals surface area contributed by atoms with E-state index in [2.05, 4.69) is 17.5 Å². The molecular formula is C16H13N3O. The van der Waals surface area contributed by atoms with Gasteiger partial charge in [-0.3, -0.25) is 0 Å². The van der Waals surface area contributed by atoms with E-state index in [0.29, 0.717) is 11.3 Å². The molecule has 1 atom stereocenters. The van der Waals surface area contributed by atoms with Crippen LogP contribution in [0.5, 0.6) is 5.75 Å². The molecule has 0 aliphatic heterocycles. The summed E-state index contributed by atoms with van der Waals surface area (Å²) in [6, 6.07) is 18.4. The third-order valence-electron chi connectivity index (χ3n) is 2.89. The van der Waals surface area contributed by atoms with Crippen LogP contribution in [0.15, 0.2) is 48.5 Å². The fraction of sp³-hybridized carbons (Fsp3) is 0.125. The number of nitrogens with one attached hydrogen (secondary N) is 1. The predicted octanol–water partition coefficient (Wildman–Crippen LogP) is 3.24. The van der Waals surface area contributed by atoms with Crippen molar-refractivity contribution >= 4 is 5.69 Å². The summed E-state index contributed by atoms with van der Waals surface area (Å²) in [5.74, 6) is 0.507. The summed E-state index contributed by atoms with van der Waals surface area (Å²) in [4.78, 5) is 0. The van der Waals surface area contributed by atoms with Crippen LogP contribution in [0.3, 0.4) is 0 Å². The smallest absolute Gasteiger partial charge is 0.140 e. The number of hydrogen-bond donors (Lipinski definition) is 1. The van der Waals surface area contributed by atoms with E-state index in [1.54, 1.807) is 18.2 Å². The van der Waals surface area contributed by atoms with Crippen LogP contribution in [0.1, 0.15) is 17.2 Å². The molecule has 2 rings (SSSR count). The summed E-state index contributed by atoms with van der Waals surface area (Å²) in [5, 5.41) is 21.5. The summed E-state index contributed by atoms with van der Waals surface area (Å²) in [7, 11) is 1.51.